The van der Waals surface area contributed by atoms with Gasteiger partial charge in [0.1, 0.15) is 4.34 Å². The summed E-state index contributed by atoms with van der Waals surface area (Å²) in [7, 11) is 1.79. The Kier molecular flexibility index (Phi) is 5.88. The van der Waals surface area contributed by atoms with Crippen LogP contribution in [0.15, 0.2) is 36.5 Å². The molecule has 27 heavy (non-hydrogen) atoms. The molecule has 3 N–H and O–H groups in total. The molecule has 1 amide bonds. The van der Waals surface area contributed by atoms with Crippen molar-refractivity contribution in [3.8, 4) is 11.3 Å². The number of nitrogens with two attached hydrogens (primary N) is 1. The lowest BCUT2D eigenvalue weighted by molar-refractivity contribution is 0.0942. The first-order valence-electron chi connectivity index (χ1n) is 8.11. The Hall–Kier alpha value is -2.29. The molecular weight excluding hydrogens is 394 g/mol. The SMILES string of the molecule is Cn1nccc1-c1cc(C(=O)N[C@H](CN)Cc2ccc(F)c(F)c2)sc1Cl. The van der Waals surface area contributed by atoms with Crippen LogP contribution in [-0.4, -0.2) is 28.3 Å². The highest BCUT2D eigenvalue weighted by Gasteiger charge is 2.19. The Morgan fingerprint density at radius 2 is 2.11 bits per heavy atom. The normalized spacial score (nSPS) is 12.2. The number of aromatic nitrogens is 2. The van der Waals surface area contributed by atoms with E-state index < -0.39 is 17.7 Å². The molecule has 0 bridgehead atoms. The largest absolute Gasteiger partial charge is 0.347 e. The van der Waals surface area contributed by atoms with E-state index >= 15 is 0 Å². The summed E-state index contributed by atoms with van der Waals surface area (Å²) in [4.78, 5) is 13.0. The van der Waals surface area contributed by atoms with Crippen LogP contribution >= 0.6 is 22.9 Å². The standard InChI is InChI=1S/C18H17ClF2N4OS/c1-25-15(4-5-23-25)12-8-16(27-17(12)19)18(26)24-11(9-22)6-10-2-3-13(20)14(21)7-10/h2-5,7-8,11H,6,9,22H2,1H3,(H,24,26)/t11-/m0/s1. The van der Waals surface area contributed by atoms with Crippen LogP contribution in [0.1, 0.15) is 15.2 Å². The number of thiophene rings is 1. The molecule has 5 nitrogen and oxygen atoms in total. The molecule has 0 spiro atoms. The lowest BCUT2D eigenvalue weighted by atomic mass is 10.1. The molecule has 0 aliphatic heterocycles. The van der Waals surface area contributed by atoms with Crippen LogP contribution in [0.4, 0.5) is 8.78 Å². The number of rotatable bonds is 6. The van der Waals surface area contributed by atoms with E-state index in [0.29, 0.717) is 14.8 Å². The van der Waals surface area contributed by atoms with Gasteiger partial charge in [-0.2, -0.15) is 5.10 Å². The highest BCUT2D eigenvalue weighted by Crippen LogP contribution is 2.35. The zero-order valence-electron chi connectivity index (χ0n) is 14.4. The van der Waals surface area contributed by atoms with E-state index in [1.807, 2.05) is 0 Å². The van der Waals surface area contributed by atoms with Crippen LogP contribution in [0.3, 0.4) is 0 Å². The molecule has 0 saturated carbocycles. The molecule has 0 radical (unpaired) electrons. The van der Waals surface area contributed by atoms with E-state index in [-0.39, 0.29) is 18.9 Å². The molecule has 0 fully saturated rings. The van der Waals surface area contributed by atoms with Crippen molar-refractivity contribution in [1.82, 2.24) is 15.1 Å². The highest BCUT2D eigenvalue weighted by atomic mass is 35.5. The van der Waals surface area contributed by atoms with Crippen LogP contribution in [-0.2, 0) is 13.5 Å². The zero-order valence-corrected chi connectivity index (χ0v) is 16.0. The fraction of sp³-hybridized carbons (Fsp3) is 0.222. The van der Waals surface area contributed by atoms with E-state index in [0.717, 1.165) is 34.7 Å². The minimum absolute atomic E-state index is 0.151. The quantitative estimate of drug-likeness (QED) is 0.654. The molecule has 0 aliphatic carbocycles. The summed E-state index contributed by atoms with van der Waals surface area (Å²) in [6.07, 6.45) is 1.93. The van der Waals surface area contributed by atoms with Gasteiger partial charge in [0.2, 0.25) is 0 Å². The Morgan fingerprint density at radius 3 is 2.74 bits per heavy atom. The van der Waals surface area contributed by atoms with Gasteiger partial charge in [0.15, 0.2) is 11.6 Å². The third kappa shape index (κ3) is 4.35. The maximum absolute atomic E-state index is 13.4. The third-order valence-corrected chi connectivity index (χ3v) is 5.45. The molecule has 142 valence electrons. The van der Waals surface area contributed by atoms with Crippen LogP contribution in [0.2, 0.25) is 4.34 Å². The molecule has 1 atom stereocenters. The summed E-state index contributed by atoms with van der Waals surface area (Å²) in [5.74, 6) is -2.17. The van der Waals surface area contributed by atoms with Gasteiger partial charge in [-0.25, -0.2) is 8.78 Å². The first-order valence-corrected chi connectivity index (χ1v) is 9.31. The molecule has 0 unspecified atom stereocenters. The van der Waals surface area contributed by atoms with Gasteiger partial charge in [-0.15, -0.1) is 11.3 Å². The van der Waals surface area contributed by atoms with Crippen molar-refractivity contribution in [2.24, 2.45) is 12.8 Å². The van der Waals surface area contributed by atoms with Crippen molar-refractivity contribution < 1.29 is 13.6 Å². The second kappa shape index (κ2) is 8.16. The first-order chi connectivity index (χ1) is 12.9. The summed E-state index contributed by atoms with van der Waals surface area (Å²) in [6, 6.07) is 6.71. The van der Waals surface area contributed by atoms with E-state index in [1.165, 1.54) is 6.07 Å². The Labute approximate surface area is 163 Å². The van der Waals surface area contributed by atoms with Crippen LogP contribution in [0, 0.1) is 11.6 Å². The number of hydrogen-bond donors (Lipinski definition) is 2. The van der Waals surface area contributed by atoms with Gasteiger partial charge >= 0.3 is 0 Å². The fourth-order valence-corrected chi connectivity index (χ4v) is 3.89. The molecule has 0 saturated heterocycles. The summed E-state index contributed by atoms with van der Waals surface area (Å²) < 4.78 is 28.6. The van der Waals surface area contributed by atoms with E-state index in [9.17, 15) is 13.6 Å². The van der Waals surface area contributed by atoms with Crippen LogP contribution in [0.5, 0.6) is 0 Å². The Bertz CT molecular complexity index is 972. The number of carbonyl (C=O) groups is 1. The number of halogens is 3. The summed E-state index contributed by atoms with van der Waals surface area (Å²) >= 11 is 7.43. The number of nitrogens with one attached hydrogen (secondary N) is 1. The number of benzene rings is 1. The minimum atomic E-state index is -0.930. The van der Waals surface area contributed by atoms with Gasteiger partial charge in [0.05, 0.1) is 10.6 Å². The summed E-state index contributed by atoms with van der Waals surface area (Å²) in [5.41, 5.74) is 7.79. The number of carbonyl (C=O) groups excluding carboxylic acids is 1. The van der Waals surface area contributed by atoms with Crippen LogP contribution < -0.4 is 11.1 Å². The summed E-state index contributed by atoms with van der Waals surface area (Å²) in [6.45, 7) is 0.151. The lowest BCUT2D eigenvalue weighted by Gasteiger charge is -2.16. The van der Waals surface area contributed by atoms with E-state index in [1.54, 1.807) is 30.1 Å². The topological polar surface area (TPSA) is 72.9 Å². The molecule has 2 heterocycles. The molecule has 2 aromatic heterocycles. The molecular formula is C18H17ClF2N4OS. The highest BCUT2D eigenvalue weighted by molar-refractivity contribution is 7.18. The predicted molar refractivity (Wildman–Crippen MR) is 102 cm³/mol. The molecule has 3 rings (SSSR count). The van der Waals surface area contributed by atoms with Crippen molar-refractivity contribution in [3.63, 3.8) is 0 Å². The second-order valence-corrected chi connectivity index (χ2v) is 7.65. The van der Waals surface area contributed by atoms with Crippen molar-refractivity contribution in [3.05, 3.63) is 62.9 Å². The second-order valence-electron chi connectivity index (χ2n) is 6.00. The van der Waals surface area contributed by atoms with E-state index in [4.69, 9.17) is 17.3 Å². The number of amides is 1. The Balaban J connectivity index is 1.73. The van der Waals surface area contributed by atoms with Crippen molar-refractivity contribution in [2.75, 3.05) is 6.54 Å². The molecule has 3 aromatic rings. The number of hydrogen-bond acceptors (Lipinski definition) is 4. The molecule has 9 heteroatoms. The minimum Gasteiger partial charge on any atom is -0.347 e. The fourth-order valence-electron chi connectivity index (χ4n) is 2.69. The van der Waals surface area contributed by atoms with Crippen molar-refractivity contribution in [1.29, 1.82) is 0 Å². The maximum Gasteiger partial charge on any atom is 0.261 e. The van der Waals surface area contributed by atoms with Crippen LogP contribution in [0.25, 0.3) is 11.3 Å². The van der Waals surface area contributed by atoms with Gasteiger partial charge in [-0.05, 0) is 36.2 Å². The smallest absolute Gasteiger partial charge is 0.261 e. The van der Waals surface area contributed by atoms with Gasteiger partial charge in [-0.1, -0.05) is 17.7 Å². The first kappa shape index (κ1) is 19.5. The van der Waals surface area contributed by atoms with Crippen molar-refractivity contribution in [2.45, 2.75) is 12.5 Å². The monoisotopic (exact) mass is 410 g/mol. The Morgan fingerprint density at radius 1 is 1.33 bits per heavy atom. The average molecular weight is 411 g/mol. The van der Waals surface area contributed by atoms with E-state index in [2.05, 4.69) is 10.4 Å². The molecule has 1 aromatic carbocycles. The van der Waals surface area contributed by atoms with Gasteiger partial charge < -0.3 is 11.1 Å². The maximum atomic E-state index is 13.4. The number of nitrogens with zero attached hydrogens (tertiary/aromatic N) is 2. The van der Waals surface area contributed by atoms with Gasteiger partial charge in [0.25, 0.3) is 5.91 Å². The zero-order chi connectivity index (χ0) is 19.6. The number of aryl methyl sites for hydroxylation is 1. The van der Waals surface area contributed by atoms with Crippen molar-refractivity contribution >= 4 is 28.8 Å². The average Bonchev–Trinajstić information content (AvgIpc) is 3.22. The summed E-state index contributed by atoms with van der Waals surface area (Å²) in [5, 5.41) is 6.91. The predicted octanol–water partition coefficient (Wildman–Crippen LogP) is 3.38. The van der Waals surface area contributed by atoms with Gasteiger partial charge in [-0.3, -0.25) is 9.48 Å². The molecule has 0 aliphatic rings. The third-order valence-electron chi connectivity index (χ3n) is 4.09. The van der Waals surface area contributed by atoms with Gasteiger partial charge in [0, 0.05) is 31.4 Å². The lowest BCUT2D eigenvalue weighted by Crippen LogP contribution is -2.41.